The number of nitrogens with zero attached hydrogens (tertiary/aromatic N) is 2. The van der Waals surface area contributed by atoms with E-state index in [2.05, 4.69) is 36.2 Å². The molecule has 1 aliphatic heterocycles. The summed E-state index contributed by atoms with van der Waals surface area (Å²) in [6.07, 6.45) is 4.40. The normalized spacial score (nSPS) is 17.1. The summed E-state index contributed by atoms with van der Waals surface area (Å²) in [5, 5.41) is 1.08. The number of aryl methyl sites for hydroxylation is 2. The van der Waals surface area contributed by atoms with Crippen LogP contribution in [0.2, 0.25) is 0 Å². The number of β-lactam (4-membered cyclic amide) rings is 1. The average molecular weight is 316 g/mol. The third kappa shape index (κ3) is 2.67. The van der Waals surface area contributed by atoms with Crippen LogP contribution in [-0.4, -0.2) is 16.9 Å². The number of benzene rings is 2. The smallest absolute Gasteiger partial charge is 0.229 e. The molecule has 0 saturated carbocycles. The van der Waals surface area contributed by atoms with Crippen molar-refractivity contribution in [3.63, 3.8) is 0 Å². The molecule has 1 unspecified atom stereocenters. The van der Waals surface area contributed by atoms with E-state index >= 15 is 0 Å². The van der Waals surface area contributed by atoms with Crippen molar-refractivity contribution in [2.75, 3.05) is 4.90 Å². The molecule has 1 amide bonds. The number of rotatable bonds is 4. The Morgan fingerprint density at radius 1 is 1.08 bits per heavy atom. The van der Waals surface area contributed by atoms with Crippen LogP contribution < -0.4 is 4.90 Å². The molecule has 0 N–H and O–H groups in total. The van der Waals surface area contributed by atoms with Crippen LogP contribution in [-0.2, 0) is 11.2 Å². The maximum Gasteiger partial charge on any atom is 0.229 e. The first-order valence-corrected chi connectivity index (χ1v) is 8.44. The van der Waals surface area contributed by atoms with Crippen molar-refractivity contribution in [3.05, 3.63) is 71.9 Å². The van der Waals surface area contributed by atoms with Gasteiger partial charge in [-0.3, -0.25) is 9.78 Å². The molecule has 1 aliphatic rings. The van der Waals surface area contributed by atoms with Crippen molar-refractivity contribution in [2.24, 2.45) is 0 Å². The number of aromatic nitrogens is 1. The van der Waals surface area contributed by atoms with E-state index in [0.717, 1.165) is 29.4 Å². The van der Waals surface area contributed by atoms with Crippen LogP contribution in [0.25, 0.3) is 10.9 Å². The lowest BCUT2D eigenvalue weighted by Crippen LogP contribution is -2.53. The zero-order valence-electron chi connectivity index (χ0n) is 13.8. The highest BCUT2D eigenvalue weighted by Crippen LogP contribution is 2.34. The summed E-state index contributed by atoms with van der Waals surface area (Å²) < 4.78 is 0. The van der Waals surface area contributed by atoms with Crippen LogP contribution in [0.15, 0.2) is 60.8 Å². The van der Waals surface area contributed by atoms with Gasteiger partial charge in [-0.25, -0.2) is 0 Å². The first-order valence-electron chi connectivity index (χ1n) is 8.44. The predicted molar refractivity (Wildman–Crippen MR) is 97.1 cm³/mol. The minimum Gasteiger partial charge on any atom is -0.307 e. The highest BCUT2D eigenvalue weighted by molar-refractivity contribution is 6.06. The zero-order valence-corrected chi connectivity index (χ0v) is 13.8. The Bertz CT molecular complexity index is 880. The van der Waals surface area contributed by atoms with Crippen LogP contribution >= 0.6 is 0 Å². The number of hydrogen-bond acceptors (Lipinski definition) is 2. The monoisotopic (exact) mass is 316 g/mol. The standard InChI is InChI=1S/C21H20N2O/c1-15-7-9-16(10-8-15)11-12-18-14-20(24)23(18)19-6-2-4-17-5-3-13-22-21(17)19/h2-10,13,18H,11-12,14H2,1H3. The van der Waals surface area contributed by atoms with Crippen molar-refractivity contribution < 1.29 is 4.79 Å². The van der Waals surface area contributed by atoms with E-state index in [9.17, 15) is 4.79 Å². The lowest BCUT2D eigenvalue weighted by atomic mass is 9.93. The highest BCUT2D eigenvalue weighted by Gasteiger charge is 2.37. The molecule has 1 aromatic heterocycles. The van der Waals surface area contributed by atoms with Gasteiger partial charge in [0.25, 0.3) is 0 Å². The first-order chi connectivity index (χ1) is 11.7. The lowest BCUT2D eigenvalue weighted by Gasteiger charge is -2.41. The summed E-state index contributed by atoms with van der Waals surface area (Å²) in [5.74, 6) is 0.196. The van der Waals surface area contributed by atoms with Gasteiger partial charge >= 0.3 is 0 Å². The molecule has 3 nitrogen and oxygen atoms in total. The maximum absolute atomic E-state index is 12.2. The molecular weight excluding hydrogens is 296 g/mol. The second-order valence-electron chi connectivity index (χ2n) is 6.50. The summed E-state index contributed by atoms with van der Waals surface area (Å²) in [6.45, 7) is 2.10. The number of anilines is 1. The van der Waals surface area contributed by atoms with Crippen molar-refractivity contribution in [1.29, 1.82) is 0 Å². The van der Waals surface area contributed by atoms with E-state index in [1.807, 2.05) is 35.2 Å². The Hall–Kier alpha value is -2.68. The fraction of sp³-hybridized carbons (Fsp3) is 0.238. The number of carbonyl (C=O) groups excluding carboxylic acids is 1. The zero-order chi connectivity index (χ0) is 16.5. The molecule has 120 valence electrons. The van der Waals surface area contributed by atoms with Gasteiger partial charge in [-0.1, -0.05) is 48.0 Å². The molecule has 1 fully saturated rings. The minimum absolute atomic E-state index is 0.196. The molecule has 1 saturated heterocycles. The molecule has 0 radical (unpaired) electrons. The molecular formula is C21H20N2O. The van der Waals surface area contributed by atoms with Crippen LogP contribution in [0.5, 0.6) is 0 Å². The Kier molecular flexibility index (Phi) is 3.77. The second kappa shape index (κ2) is 6.08. The van der Waals surface area contributed by atoms with Gasteiger partial charge in [-0.2, -0.15) is 0 Å². The van der Waals surface area contributed by atoms with Gasteiger partial charge in [-0.05, 0) is 37.5 Å². The van der Waals surface area contributed by atoms with Crippen LogP contribution in [0.3, 0.4) is 0 Å². The van der Waals surface area contributed by atoms with E-state index in [1.165, 1.54) is 11.1 Å². The molecule has 4 rings (SSSR count). The molecule has 3 aromatic rings. The van der Waals surface area contributed by atoms with Crippen molar-refractivity contribution in [2.45, 2.75) is 32.2 Å². The molecule has 24 heavy (non-hydrogen) atoms. The van der Waals surface area contributed by atoms with Crippen LogP contribution in [0.1, 0.15) is 24.0 Å². The van der Waals surface area contributed by atoms with E-state index in [4.69, 9.17) is 0 Å². The quantitative estimate of drug-likeness (QED) is 0.673. The molecule has 0 aliphatic carbocycles. The molecule has 2 aromatic carbocycles. The number of fused-ring (bicyclic) bond motifs is 1. The van der Waals surface area contributed by atoms with E-state index in [-0.39, 0.29) is 11.9 Å². The van der Waals surface area contributed by atoms with Crippen molar-refractivity contribution >= 4 is 22.5 Å². The number of pyridine rings is 1. The Labute approximate surface area is 141 Å². The third-order valence-corrected chi connectivity index (χ3v) is 4.80. The fourth-order valence-electron chi connectivity index (χ4n) is 3.42. The van der Waals surface area contributed by atoms with Crippen molar-refractivity contribution in [3.8, 4) is 0 Å². The summed E-state index contributed by atoms with van der Waals surface area (Å²) in [6, 6.07) is 18.9. The largest absolute Gasteiger partial charge is 0.307 e. The van der Waals surface area contributed by atoms with E-state index < -0.39 is 0 Å². The summed E-state index contributed by atoms with van der Waals surface area (Å²) in [5.41, 5.74) is 4.46. The summed E-state index contributed by atoms with van der Waals surface area (Å²) in [4.78, 5) is 18.7. The summed E-state index contributed by atoms with van der Waals surface area (Å²) >= 11 is 0. The highest BCUT2D eigenvalue weighted by atomic mass is 16.2. The SMILES string of the molecule is Cc1ccc(CCC2CC(=O)N2c2cccc3cccnc23)cc1. The van der Waals surface area contributed by atoms with Crippen LogP contribution in [0, 0.1) is 6.92 Å². The van der Waals surface area contributed by atoms with E-state index in [0.29, 0.717) is 6.42 Å². The molecule has 3 heteroatoms. The lowest BCUT2D eigenvalue weighted by molar-refractivity contribution is -0.124. The van der Waals surface area contributed by atoms with Gasteiger partial charge in [-0.15, -0.1) is 0 Å². The fourth-order valence-corrected chi connectivity index (χ4v) is 3.42. The van der Waals surface area contributed by atoms with Crippen molar-refractivity contribution in [1.82, 2.24) is 4.98 Å². The summed E-state index contributed by atoms with van der Waals surface area (Å²) in [7, 11) is 0. The Morgan fingerprint density at radius 3 is 2.67 bits per heavy atom. The Balaban J connectivity index is 1.55. The van der Waals surface area contributed by atoms with Gasteiger partial charge in [0.05, 0.1) is 11.2 Å². The molecule has 0 bridgehead atoms. The average Bonchev–Trinajstić information content (AvgIpc) is 2.60. The Morgan fingerprint density at radius 2 is 1.88 bits per heavy atom. The van der Waals surface area contributed by atoms with Gasteiger partial charge in [0.2, 0.25) is 5.91 Å². The van der Waals surface area contributed by atoms with Crippen LogP contribution in [0.4, 0.5) is 5.69 Å². The molecule has 1 atom stereocenters. The second-order valence-corrected chi connectivity index (χ2v) is 6.50. The topological polar surface area (TPSA) is 33.2 Å². The number of carbonyl (C=O) groups is 1. The number of amides is 1. The van der Waals surface area contributed by atoms with E-state index in [1.54, 1.807) is 6.20 Å². The number of hydrogen-bond donors (Lipinski definition) is 0. The van der Waals surface area contributed by atoms with Gasteiger partial charge in [0.1, 0.15) is 0 Å². The predicted octanol–water partition coefficient (Wildman–Crippen LogP) is 4.28. The first kappa shape index (κ1) is 14.9. The van der Waals surface area contributed by atoms with Gasteiger partial charge < -0.3 is 4.90 Å². The molecule has 0 spiro atoms. The third-order valence-electron chi connectivity index (χ3n) is 4.80. The van der Waals surface area contributed by atoms with Gasteiger partial charge in [0.15, 0.2) is 0 Å². The minimum atomic E-state index is 0.196. The van der Waals surface area contributed by atoms with Gasteiger partial charge in [0, 0.05) is 24.0 Å². The number of para-hydroxylation sites is 1. The molecule has 2 heterocycles. The maximum atomic E-state index is 12.2.